The quantitative estimate of drug-likeness (QED) is 0.719. The number of nitrogens with zero attached hydrogens (tertiary/aromatic N) is 2. The van der Waals surface area contributed by atoms with Crippen molar-refractivity contribution in [3.8, 4) is 0 Å². The fourth-order valence-electron chi connectivity index (χ4n) is 3.69. The highest BCUT2D eigenvalue weighted by Gasteiger charge is 2.51. The molecule has 3 heterocycles. The molecule has 0 aliphatic carbocycles. The van der Waals surface area contributed by atoms with Gasteiger partial charge in [-0.25, -0.2) is 0 Å². The molecule has 0 bridgehead atoms. The van der Waals surface area contributed by atoms with Crippen molar-refractivity contribution in [2.45, 2.75) is 25.3 Å². The number of halogens is 2. The molecule has 2 saturated heterocycles. The highest BCUT2D eigenvalue weighted by atomic mass is 35.5. The first kappa shape index (κ1) is 19.2. The largest absolute Gasteiger partial charge is 0.440 e. The summed E-state index contributed by atoms with van der Waals surface area (Å²) in [5.41, 5.74) is 0.593. The van der Waals surface area contributed by atoms with Crippen LogP contribution in [0.4, 0.5) is 11.4 Å². The van der Waals surface area contributed by atoms with Crippen molar-refractivity contribution >= 4 is 63.6 Å². The van der Waals surface area contributed by atoms with Gasteiger partial charge in [0.15, 0.2) is 21.9 Å². The molecule has 2 fully saturated rings. The Balaban J connectivity index is 1.56. The van der Waals surface area contributed by atoms with E-state index in [-0.39, 0.29) is 16.8 Å². The molecule has 9 heteroatoms. The number of carbonyl (C=O) groups is 2. The van der Waals surface area contributed by atoms with Gasteiger partial charge in [0.1, 0.15) is 5.54 Å². The van der Waals surface area contributed by atoms with Crippen molar-refractivity contribution in [1.29, 1.82) is 0 Å². The Labute approximate surface area is 177 Å². The summed E-state index contributed by atoms with van der Waals surface area (Å²) in [4.78, 5) is 28.6. The molecular formula is C19H17Cl2N3O3S. The maximum Gasteiger partial charge on any atom is 0.291 e. The summed E-state index contributed by atoms with van der Waals surface area (Å²) in [5.74, 6) is -0.127. The Bertz CT molecular complexity index is 993. The van der Waals surface area contributed by atoms with Crippen LogP contribution >= 0.6 is 35.4 Å². The fraction of sp³-hybridized carbons (Fsp3) is 0.316. The van der Waals surface area contributed by atoms with E-state index in [0.717, 1.165) is 13.0 Å². The van der Waals surface area contributed by atoms with Gasteiger partial charge < -0.3 is 19.5 Å². The van der Waals surface area contributed by atoms with Crippen LogP contribution in [0.3, 0.4) is 0 Å². The van der Waals surface area contributed by atoms with Gasteiger partial charge in [-0.2, -0.15) is 0 Å². The molecule has 1 aromatic heterocycles. The lowest BCUT2D eigenvalue weighted by atomic mass is 9.88. The van der Waals surface area contributed by atoms with Crippen LogP contribution < -0.4 is 10.2 Å². The first-order chi connectivity index (χ1) is 13.3. The zero-order valence-electron chi connectivity index (χ0n) is 15.0. The van der Waals surface area contributed by atoms with Crippen LogP contribution in [0, 0.1) is 0 Å². The maximum atomic E-state index is 12.5. The van der Waals surface area contributed by atoms with E-state index < -0.39 is 11.4 Å². The predicted octanol–water partition coefficient (Wildman–Crippen LogP) is 4.37. The summed E-state index contributed by atoms with van der Waals surface area (Å²) < 4.78 is 5.10. The second kappa shape index (κ2) is 7.06. The van der Waals surface area contributed by atoms with Crippen LogP contribution in [-0.4, -0.2) is 40.3 Å². The summed E-state index contributed by atoms with van der Waals surface area (Å²) in [6, 6.07) is 8.14. The van der Waals surface area contributed by atoms with E-state index in [1.165, 1.54) is 12.1 Å². The second-order valence-corrected chi connectivity index (χ2v) is 8.19. The highest BCUT2D eigenvalue weighted by molar-refractivity contribution is 7.80. The number of hydrogen-bond acceptors (Lipinski definition) is 4. The number of hydrogen-bond donors (Lipinski definition) is 1. The van der Waals surface area contributed by atoms with Gasteiger partial charge in [-0.1, -0.05) is 11.6 Å². The zero-order chi connectivity index (χ0) is 20.1. The summed E-state index contributed by atoms with van der Waals surface area (Å²) in [6.45, 7) is 3.15. The fourth-order valence-corrected chi connectivity index (χ4v) is 4.57. The Morgan fingerprint density at radius 1 is 1.29 bits per heavy atom. The van der Waals surface area contributed by atoms with E-state index in [0.29, 0.717) is 34.5 Å². The average Bonchev–Trinajstić information content (AvgIpc) is 3.19. The number of benzene rings is 1. The molecule has 4 rings (SSSR count). The minimum Gasteiger partial charge on any atom is -0.440 e. The molecule has 1 amide bonds. The van der Waals surface area contributed by atoms with Crippen molar-refractivity contribution in [2.24, 2.45) is 0 Å². The summed E-state index contributed by atoms with van der Waals surface area (Å²) in [6.07, 6.45) is 1.37. The molecule has 1 aromatic carbocycles. The molecule has 6 nitrogen and oxygen atoms in total. The van der Waals surface area contributed by atoms with Gasteiger partial charge in [0.05, 0.1) is 17.3 Å². The molecule has 0 radical (unpaired) electrons. The Kier molecular flexibility index (Phi) is 4.85. The van der Waals surface area contributed by atoms with Crippen molar-refractivity contribution in [1.82, 2.24) is 4.90 Å². The molecule has 146 valence electrons. The molecule has 1 N–H and O–H groups in total. The van der Waals surface area contributed by atoms with Crippen molar-refractivity contribution in [3.63, 3.8) is 0 Å². The second-order valence-electron chi connectivity index (χ2n) is 7.05. The molecule has 0 saturated carbocycles. The van der Waals surface area contributed by atoms with Gasteiger partial charge in [0.2, 0.25) is 0 Å². The summed E-state index contributed by atoms with van der Waals surface area (Å²) in [7, 11) is 0. The number of nitrogens with one attached hydrogen (secondary N) is 1. The third-order valence-corrected chi connectivity index (χ3v) is 6.15. The predicted molar refractivity (Wildman–Crippen MR) is 112 cm³/mol. The van der Waals surface area contributed by atoms with Gasteiger partial charge in [-0.15, -0.1) is 0 Å². The standard InChI is InChI=1S/C19H17Cl2N3O3S/c1-19-10-23(18(28)24(19)8-2-3-15(19)25)13-5-4-11(9-12(13)20)22-17(26)14-6-7-16(21)27-14/h4-7,9H,2-3,8,10H2,1H3,(H,22,26). The zero-order valence-corrected chi connectivity index (χ0v) is 17.3. The molecule has 2 aliphatic rings. The van der Waals surface area contributed by atoms with Crippen molar-refractivity contribution in [2.75, 3.05) is 23.3 Å². The average molecular weight is 438 g/mol. The van der Waals surface area contributed by atoms with Gasteiger partial charge >= 0.3 is 0 Å². The van der Waals surface area contributed by atoms with Crippen LogP contribution in [0.25, 0.3) is 0 Å². The van der Waals surface area contributed by atoms with Crippen LogP contribution in [0.5, 0.6) is 0 Å². The molecule has 28 heavy (non-hydrogen) atoms. The molecular weight excluding hydrogens is 421 g/mol. The SMILES string of the molecule is CC12CN(c3ccc(NC(=O)c4ccc(Cl)o4)cc3Cl)C(=S)N1CCCC2=O. The van der Waals surface area contributed by atoms with Crippen LogP contribution in [0.15, 0.2) is 34.7 Å². The van der Waals surface area contributed by atoms with E-state index in [4.69, 9.17) is 39.8 Å². The maximum absolute atomic E-state index is 12.5. The summed E-state index contributed by atoms with van der Waals surface area (Å²) in [5, 5.41) is 3.87. The van der Waals surface area contributed by atoms with Crippen LogP contribution in [-0.2, 0) is 4.79 Å². The monoisotopic (exact) mass is 437 g/mol. The van der Waals surface area contributed by atoms with E-state index in [2.05, 4.69) is 5.32 Å². The Morgan fingerprint density at radius 2 is 2.07 bits per heavy atom. The Hall–Kier alpha value is -2.09. The molecule has 2 aromatic rings. The van der Waals surface area contributed by atoms with Crippen molar-refractivity contribution < 1.29 is 14.0 Å². The number of furan rings is 1. The van der Waals surface area contributed by atoms with Crippen molar-refractivity contribution in [3.05, 3.63) is 46.3 Å². The van der Waals surface area contributed by atoms with Gasteiger partial charge in [-0.3, -0.25) is 9.59 Å². The lowest BCUT2D eigenvalue weighted by Crippen LogP contribution is -2.54. The van der Waals surface area contributed by atoms with Gasteiger partial charge in [0.25, 0.3) is 5.91 Å². The normalized spacial score (nSPS) is 21.8. The smallest absolute Gasteiger partial charge is 0.291 e. The topological polar surface area (TPSA) is 65.8 Å². The van der Waals surface area contributed by atoms with E-state index in [1.54, 1.807) is 18.2 Å². The minimum atomic E-state index is -0.621. The number of fused-ring (bicyclic) bond motifs is 1. The van der Waals surface area contributed by atoms with Gasteiger partial charge in [0, 0.05) is 18.7 Å². The number of rotatable bonds is 3. The first-order valence-electron chi connectivity index (χ1n) is 8.78. The number of thiocarbonyl (C=S) groups is 1. The number of ketones is 1. The highest BCUT2D eigenvalue weighted by Crippen LogP contribution is 2.39. The molecule has 1 unspecified atom stereocenters. The minimum absolute atomic E-state index is 0.106. The third kappa shape index (κ3) is 3.17. The Morgan fingerprint density at radius 3 is 2.71 bits per heavy atom. The van der Waals surface area contributed by atoms with E-state index >= 15 is 0 Å². The van der Waals surface area contributed by atoms with E-state index in [1.807, 2.05) is 16.7 Å². The summed E-state index contributed by atoms with van der Waals surface area (Å²) >= 11 is 17.8. The van der Waals surface area contributed by atoms with E-state index in [9.17, 15) is 9.59 Å². The lowest BCUT2D eigenvalue weighted by Gasteiger charge is -2.37. The van der Waals surface area contributed by atoms with Crippen LogP contribution in [0.1, 0.15) is 30.3 Å². The molecule has 1 atom stereocenters. The van der Waals surface area contributed by atoms with Crippen LogP contribution in [0.2, 0.25) is 10.2 Å². The number of carbonyl (C=O) groups excluding carboxylic acids is 2. The number of anilines is 2. The first-order valence-corrected chi connectivity index (χ1v) is 9.95. The van der Waals surface area contributed by atoms with Gasteiger partial charge in [-0.05, 0) is 67.5 Å². The molecule has 0 spiro atoms. The molecule has 2 aliphatic heterocycles. The third-order valence-electron chi connectivity index (χ3n) is 5.20. The lowest BCUT2D eigenvalue weighted by molar-refractivity contribution is -0.129. The number of amides is 1. The number of Topliss-reactive ketones (excluding diaryl/α,β-unsaturated/α-hetero) is 1. The number of piperidine rings is 1.